The van der Waals surface area contributed by atoms with E-state index in [1.54, 1.807) is 23.1 Å². The van der Waals surface area contributed by atoms with E-state index in [1.807, 2.05) is 30.3 Å². The van der Waals surface area contributed by atoms with Crippen molar-refractivity contribution in [3.8, 4) is 11.5 Å². The summed E-state index contributed by atoms with van der Waals surface area (Å²) in [5.74, 6) is 1.16. The summed E-state index contributed by atoms with van der Waals surface area (Å²) in [7, 11) is 0. The molecule has 2 aliphatic rings. The standard InChI is InChI=1S/C23H30N2O4/c26-16-20(17-6-2-1-3-7-17)24-19(15-25-10-4-5-11-25)23(27)18-8-9-21-22(14-18)29-13-12-28-21/h1-3,6-9,14,19-20,23-24,26-27H,4-5,10-13,15-16H2/t19-,20?,23-/m1/s1/i15D2. The zero-order valence-electron chi connectivity index (χ0n) is 18.5. The lowest BCUT2D eigenvalue weighted by atomic mass is 9.98. The van der Waals surface area contributed by atoms with Gasteiger partial charge in [-0.2, -0.15) is 0 Å². The number of rotatable bonds is 8. The molecule has 1 unspecified atom stereocenters. The van der Waals surface area contributed by atoms with Gasteiger partial charge >= 0.3 is 0 Å². The van der Waals surface area contributed by atoms with Gasteiger partial charge in [0.25, 0.3) is 0 Å². The van der Waals surface area contributed by atoms with Crippen molar-refractivity contribution in [2.45, 2.75) is 31.0 Å². The second kappa shape index (κ2) is 9.59. The highest BCUT2D eigenvalue weighted by Crippen LogP contribution is 2.34. The van der Waals surface area contributed by atoms with E-state index < -0.39 is 24.7 Å². The lowest BCUT2D eigenvalue weighted by Crippen LogP contribution is -2.46. The van der Waals surface area contributed by atoms with Crippen LogP contribution in [-0.2, 0) is 0 Å². The molecule has 156 valence electrons. The van der Waals surface area contributed by atoms with Crippen molar-refractivity contribution in [3.05, 3.63) is 59.7 Å². The maximum atomic E-state index is 11.4. The Morgan fingerprint density at radius 1 is 1.00 bits per heavy atom. The number of hydrogen-bond acceptors (Lipinski definition) is 6. The average Bonchev–Trinajstić information content (AvgIpc) is 3.35. The highest BCUT2D eigenvalue weighted by molar-refractivity contribution is 5.44. The van der Waals surface area contributed by atoms with Crippen LogP contribution in [0.5, 0.6) is 11.5 Å². The van der Waals surface area contributed by atoms with E-state index in [0.717, 1.165) is 18.4 Å². The molecule has 3 atom stereocenters. The van der Waals surface area contributed by atoms with E-state index in [1.165, 1.54) is 0 Å². The average molecular weight is 401 g/mol. The van der Waals surface area contributed by atoms with E-state index in [0.29, 0.717) is 43.4 Å². The van der Waals surface area contributed by atoms with Crippen LogP contribution in [0, 0.1) is 0 Å². The maximum Gasteiger partial charge on any atom is 0.161 e. The third-order valence-corrected chi connectivity index (χ3v) is 5.42. The molecule has 6 heteroatoms. The van der Waals surface area contributed by atoms with Gasteiger partial charge in [-0.15, -0.1) is 0 Å². The zero-order valence-corrected chi connectivity index (χ0v) is 16.5. The van der Waals surface area contributed by atoms with Crippen LogP contribution in [0.4, 0.5) is 0 Å². The van der Waals surface area contributed by atoms with Crippen molar-refractivity contribution in [2.24, 2.45) is 0 Å². The maximum absolute atomic E-state index is 11.4. The van der Waals surface area contributed by atoms with Gasteiger partial charge in [0, 0.05) is 9.24 Å². The molecule has 29 heavy (non-hydrogen) atoms. The second-order valence-electron chi connectivity index (χ2n) is 7.46. The van der Waals surface area contributed by atoms with Crippen LogP contribution < -0.4 is 14.8 Å². The number of aliphatic hydroxyl groups is 2. The highest BCUT2D eigenvalue weighted by Gasteiger charge is 2.28. The fourth-order valence-corrected chi connectivity index (χ4v) is 3.83. The molecule has 0 aromatic heterocycles. The van der Waals surface area contributed by atoms with E-state index in [9.17, 15) is 10.2 Å². The smallest absolute Gasteiger partial charge is 0.161 e. The minimum absolute atomic E-state index is 0.218. The molecular formula is C23H30N2O4. The first-order valence-corrected chi connectivity index (χ1v) is 10.2. The summed E-state index contributed by atoms with van der Waals surface area (Å²) in [4.78, 5) is 1.77. The normalized spacial score (nSPS) is 21.2. The molecule has 2 aromatic carbocycles. The molecule has 0 aliphatic carbocycles. The van der Waals surface area contributed by atoms with Gasteiger partial charge in [-0.1, -0.05) is 36.4 Å². The Morgan fingerprint density at radius 3 is 2.45 bits per heavy atom. The van der Waals surface area contributed by atoms with Gasteiger partial charge < -0.3 is 29.9 Å². The molecule has 4 rings (SSSR count). The summed E-state index contributed by atoms with van der Waals surface area (Å²) in [6.45, 7) is 0.132. The van der Waals surface area contributed by atoms with Gasteiger partial charge in [0.15, 0.2) is 11.5 Å². The first-order chi connectivity index (χ1) is 15.0. The summed E-state index contributed by atoms with van der Waals surface area (Å²) >= 11 is 0. The Labute approximate surface area is 174 Å². The number of fused-ring (bicyclic) bond motifs is 1. The van der Waals surface area contributed by atoms with Crippen LogP contribution in [0.25, 0.3) is 0 Å². The fraction of sp³-hybridized carbons (Fsp3) is 0.478. The van der Waals surface area contributed by atoms with Gasteiger partial charge in [0.05, 0.1) is 24.8 Å². The Hall–Kier alpha value is -2.12. The zero-order chi connectivity index (χ0) is 21.8. The number of likely N-dealkylation sites (tertiary alicyclic amines) is 1. The molecule has 2 heterocycles. The molecule has 0 bridgehead atoms. The van der Waals surface area contributed by atoms with Crippen molar-refractivity contribution in [3.63, 3.8) is 0 Å². The Balaban J connectivity index is 1.66. The van der Waals surface area contributed by atoms with Gasteiger partial charge in [0.1, 0.15) is 13.2 Å². The molecule has 1 saturated heterocycles. The molecule has 1 fully saturated rings. The third kappa shape index (κ3) is 4.90. The molecule has 0 saturated carbocycles. The summed E-state index contributed by atoms with van der Waals surface area (Å²) in [5.41, 5.74) is 1.37. The van der Waals surface area contributed by atoms with Crippen LogP contribution in [0.3, 0.4) is 0 Å². The van der Waals surface area contributed by atoms with Crippen molar-refractivity contribution in [2.75, 3.05) is 39.4 Å². The van der Waals surface area contributed by atoms with Gasteiger partial charge in [-0.05, 0) is 49.2 Å². The lowest BCUT2D eigenvalue weighted by molar-refractivity contribution is 0.0908. The van der Waals surface area contributed by atoms with Gasteiger partial charge in [0.2, 0.25) is 0 Å². The van der Waals surface area contributed by atoms with E-state index in [2.05, 4.69) is 5.32 Å². The predicted molar refractivity (Wildman–Crippen MR) is 111 cm³/mol. The number of hydrogen-bond donors (Lipinski definition) is 3. The molecule has 0 amide bonds. The SMILES string of the molecule is [2H]C([2H])([C@@H](NC(CO)c1ccccc1)[C@H](O)c1ccc2c(c1)OCCO2)N1CCCC1. The van der Waals surface area contributed by atoms with E-state index in [4.69, 9.17) is 12.2 Å². The van der Waals surface area contributed by atoms with Crippen LogP contribution in [0.1, 0.15) is 38.9 Å². The summed E-state index contributed by atoms with van der Waals surface area (Å²) in [6, 6.07) is 13.1. The summed E-state index contributed by atoms with van der Waals surface area (Å²) in [5, 5.41) is 24.6. The monoisotopic (exact) mass is 400 g/mol. The van der Waals surface area contributed by atoms with Crippen LogP contribution in [0.15, 0.2) is 48.5 Å². The number of ether oxygens (including phenoxy) is 2. The Bertz CT molecular complexity index is 862. The number of nitrogens with zero attached hydrogens (tertiary/aromatic N) is 1. The van der Waals surface area contributed by atoms with E-state index >= 15 is 0 Å². The summed E-state index contributed by atoms with van der Waals surface area (Å²) in [6.07, 6.45) is 0.687. The molecular weight excluding hydrogens is 368 g/mol. The molecule has 6 nitrogen and oxygen atoms in total. The minimum Gasteiger partial charge on any atom is -0.486 e. The van der Waals surface area contributed by atoms with Gasteiger partial charge in [-0.25, -0.2) is 0 Å². The second-order valence-corrected chi connectivity index (χ2v) is 7.46. The molecule has 0 radical (unpaired) electrons. The van der Waals surface area contributed by atoms with Crippen LogP contribution in [0.2, 0.25) is 0 Å². The topological polar surface area (TPSA) is 74.2 Å². The largest absolute Gasteiger partial charge is 0.486 e. The van der Waals surface area contributed by atoms with Crippen molar-refractivity contribution >= 4 is 0 Å². The Morgan fingerprint density at radius 2 is 1.72 bits per heavy atom. The first-order valence-electron chi connectivity index (χ1n) is 11.2. The highest BCUT2D eigenvalue weighted by atomic mass is 16.6. The fourth-order valence-electron chi connectivity index (χ4n) is 3.83. The third-order valence-electron chi connectivity index (χ3n) is 5.42. The minimum atomic E-state index is -1.83. The summed E-state index contributed by atoms with van der Waals surface area (Å²) < 4.78 is 29.0. The number of benzene rings is 2. The molecule has 0 spiro atoms. The van der Waals surface area contributed by atoms with Crippen molar-refractivity contribution < 1.29 is 22.4 Å². The van der Waals surface area contributed by atoms with Gasteiger partial charge in [-0.3, -0.25) is 0 Å². The Kier molecular flexibility index (Phi) is 5.86. The van der Waals surface area contributed by atoms with Crippen LogP contribution >= 0.6 is 0 Å². The first kappa shape index (κ1) is 17.7. The lowest BCUT2D eigenvalue weighted by Gasteiger charge is -2.32. The molecule has 3 N–H and O–H groups in total. The molecule has 2 aromatic rings. The molecule has 2 aliphatic heterocycles. The quantitative estimate of drug-likeness (QED) is 0.631. The number of nitrogens with one attached hydrogen (secondary N) is 1. The number of aliphatic hydroxyl groups excluding tert-OH is 2. The van der Waals surface area contributed by atoms with Crippen molar-refractivity contribution in [1.29, 1.82) is 0 Å². The van der Waals surface area contributed by atoms with Crippen LogP contribution in [-0.4, -0.2) is 60.6 Å². The predicted octanol–water partition coefficient (Wildman–Crippen LogP) is 2.28. The van der Waals surface area contributed by atoms with Crippen molar-refractivity contribution in [1.82, 2.24) is 10.2 Å². The van der Waals surface area contributed by atoms with E-state index in [-0.39, 0.29) is 6.61 Å².